The molecule has 11 heavy (non-hydrogen) atoms. The number of esters is 1. The van der Waals surface area contributed by atoms with Gasteiger partial charge in [0.25, 0.3) is 3.79 Å². The van der Waals surface area contributed by atoms with Crippen molar-refractivity contribution in [3.05, 3.63) is 0 Å². The van der Waals surface area contributed by atoms with Crippen molar-refractivity contribution in [1.82, 2.24) is 0 Å². The fourth-order valence-electron chi connectivity index (χ4n) is 0.336. The molecular formula is C6H9Cl3O2. The summed E-state index contributed by atoms with van der Waals surface area (Å²) in [5.74, 6) is -0.852. The molecule has 0 radical (unpaired) electrons. The zero-order valence-corrected chi connectivity index (χ0v) is 8.72. The van der Waals surface area contributed by atoms with E-state index in [2.05, 4.69) is 0 Å². The maximum absolute atomic E-state index is 10.9. The molecule has 0 saturated heterocycles. The normalized spacial score (nSPS) is 12.9. The first-order valence-electron chi connectivity index (χ1n) is 2.93. The zero-order valence-electron chi connectivity index (χ0n) is 6.45. The van der Waals surface area contributed by atoms with Crippen molar-refractivity contribution < 1.29 is 9.53 Å². The molecule has 0 aliphatic heterocycles. The van der Waals surface area contributed by atoms with Gasteiger partial charge in [-0.3, -0.25) is 0 Å². The molecule has 66 valence electrons. The van der Waals surface area contributed by atoms with Gasteiger partial charge in [0, 0.05) is 0 Å². The Kier molecular flexibility index (Phi) is 3.48. The molecule has 0 N–H and O–H groups in total. The molecule has 0 heterocycles. The number of hydrogen-bond acceptors (Lipinski definition) is 2. The van der Waals surface area contributed by atoms with Crippen LogP contribution in [0.25, 0.3) is 0 Å². The first-order chi connectivity index (χ1) is 4.63. The molecule has 0 amide bonds. The Morgan fingerprint density at radius 3 is 1.64 bits per heavy atom. The third kappa shape index (κ3) is 5.59. The molecule has 0 aromatic heterocycles. The van der Waals surface area contributed by atoms with Crippen molar-refractivity contribution in [3.8, 4) is 0 Å². The van der Waals surface area contributed by atoms with E-state index in [1.54, 1.807) is 20.8 Å². The van der Waals surface area contributed by atoms with E-state index in [1.165, 1.54) is 0 Å². The van der Waals surface area contributed by atoms with Gasteiger partial charge in [-0.15, -0.1) is 0 Å². The van der Waals surface area contributed by atoms with E-state index in [0.717, 1.165) is 0 Å². The highest BCUT2D eigenvalue weighted by atomic mass is 35.6. The molecule has 0 aliphatic carbocycles. The Labute approximate surface area is 80.7 Å². The van der Waals surface area contributed by atoms with E-state index >= 15 is 0 Å². The summed E-state index contributed by atoms with van der Waals surface area (Å²) in [6.45, 7) is 5.09. The van der Waals surface area contributed by atoms with Crippen LogP contribution >= 0.6 is 34.8 Å². The minimum Gasteiger partial charge on any atom is -0.457 e. The predicted octanol–water partition coefficient (Wildman–Crippen LogP) is 2.70. The maximum atomic E-state index is 10.9. The predicted molar refractivity (Wildman–Crippen MR) is 46.1 cm³/mol. The third-order valence-corrected chi connectivity index (χ3v) is 1.09. The van der Waals surface area contributed by atoms with Crippen molar-refractivity contribution >= 4 is 40.8 Å². The third-order valence-electron chi connectivity index (χ3n) is 0.630. The van der Waals surface area contributed by atoms with Crippen LogP contribution in [-0.2, 0) is 9.53 Å². The maximum Gasteiger partial charge on any atom is 0.359 e. The largest absolute Gasteiger partial charge is 0.457 e. The van der Waals surface area contributed by atoms with Crippen LogP contribution in [0, 0.1) is 0 Å². The van der Waals surface area contributed by atoms with Crippen LogP contribution in [0.2, 0.25) is 0 Å². The van der Waals surface area contributed by atoms with E-state index in [4.69, 9.17) is 39.5 Å². The number of ether oxygens (including phenoxy) is 1. The summed E-state index contributed by atoms with van der Waals surface area (Å²) >= 11 is 15.7. The molecule has 0 rings (SSSR count). The summed E-state index contributed by atoms with van der Waals surface area (Å²) < 4.78 is 2.79. The first-order valence-corrected chi connectivity index (χ1v) is 4.06. The number of alkyl halides is 3. The van der Waals surface area contributed by atoms with Crippen molar-refractivity contribution in [1.29, 1.82) is 0 Å². The van der Waals surface area contributed by atoms with Crippen LogP contribution in [0.1, 0.15) is 20.8 Å². The molecule has 0 spiro atoms. The number of rotatable bonds is 0. The van der Waals surface area contributed by atoms with Crippen molar-refractivity contribution in [2.45, 2.75) is 30.2 Å². The lowest BCUT2D eigenvalue weighted by Gasteiger charge is -2.21. The molecule has 0 aromatic rings. The molecule has 0 atom stereocenters. The summed E-state index contributed by atoms with van der Waals surface area (Å²) in [4.78, 5) is 10.9. The van der Waals surface area contributed by atoms with Gasteiger partial charge >= 0.3 is 5.97 Å². The van der Waals surface area contributed by atoms with E-state index in [0.29, 0.717) is 0 Å². The average Bonchev–Trinajstić information content (AvgIpc) is 1.56. The first kappa shape index (κ1) is 11.3. The quantitative estimate of drug-likeness (QED) is 0.462. The lowest BCUT2D eigenvalue weighted by Crippen LogP contribution is -2.31. The molecular weight excluding hydrogens is 210 g/mol. The molecule has 0 aliphatic rings. The molecule has 0 fully saturated rings. The van der Waals surface area contributed by atoms with E-state index in [-0.39, 0.29) is 0 Å². The number of halogens is 3. The molecule has 5 heteroatoms. The van der Waals surface area contributed by atoms with Gasteiger partial charge in [-0.05, 0) is 20.8 Å². The van der Waals surface area contributed by atoms with E-state index in [1.807, 2.05) is 0 Å². The highest BCUT2D eigenvalue weighted by molar-refractivity contribution is 6.75. The summed E-state index contributed by atoms with van der Waals surface area (Å²) in [6.07, 6.45) is 0. The van der Waals surface area contributed by atoms with Crippen LogP contribution in [0.5, 0.6) is 0 Å². The van der Waals surface area contributed by atoms with E-state index < -0.39 is 15.4 Å². The van der Waals surface area contributed by atoms with Gasteiger partial charge < -0.3 is 4.74 Å². The lowest BCUT2D eigenvalue weighted by atomic mass is 10.2. The molecule has 0 bridgehead atoms. The second kappa shape index (κ2) is 3.38. The smallest absolute Gasteiger partial charge is 0.359 e. The molecule has 0 saturated carbocycles. The lowest BCUT2D eigenvalue weighted by molar-refractivity contribution is -0.153. The topological polar surface area (TPSA) is 26.3 Å². The second-order valence-corrected chi connectivity index (χ2v) is 5.28. The van der Waals surface area contributed by atoms with Gasteiger partial charge in [0.2, 0.25) is 0 Å². The number of carbonyl (C=O) groups excluding carboxylic acids is 1. The van der Waals surface area contributed by atoms with Gasteiger partial charge in [-0.25, -0.2) is 4.79 Å². The highest BCUT2D eigenvalue weighted by Crippen LogP contribution is 2.29. The van der Waals surface area contributed by atoms with Crippen LogP contribution in [0.15, 0.2) is 0 Å². The van der Waals surface area contributed by atoms with Gasteiger partial charge in [-0.1, -0.05) is 34.8 Å². The van der Waals surface area contributed by atoms with Gasteiger partial charge in [0.1, 0.15) is 5.60 Å². The molecule has 2 nitrogen and oxygen atoms in total. The zero-order chi connectivity index (χ0) is 9.28. The Morgan fingerprint density at radius 1 is 1.18 bits per heavy atom. The van der Waals surface area contributed by atoms with Crippen LogP contribution < -0.4 is 0 Å². The van der Waals surface area contributed by atoms with Gasteiger partial charge in [0.05, 0.1) is 0 Å². The van der Waals surface area contributed by atoms with Crippen LogP contribution in [0.3, 0.4) is 0 Å². The van der Waals surface area contributed by atoms with Crippen molar-refractivity contribution in [2.75, 3.05) is 0 Å². The SMILES string of the molecule is CC(C)(C)OC(=O)C(Cl)(Cl)Cl. The monoisotopic (exact) mass is 218 g/mol. The Hall–Kier alpha value is 0.340. The molecule has 0 aromatic carbocycles. The summed E-state index contributed by atoms with van der Waals surface area (Å²) in [6, 6.07) is 0. The number of hydrogen-bond donors (Lipinski definition) is 0. The Balaban J connectivity index is 4.11. The van der Waals surface area contributed by atoms with E-state index in [9.17, 15) is 4.79 Å². The Bertz CT molecular complexity index is 154. The fourth-order valence-corrected chi connectivity index (χ4v) is 0.452. The summed E-state index contributed by atoms with van der Waals surface area (Å²) in [5.41, 5.74) is -0.624. The van der Waals surface area contributed by atoms with Gasteiger partial charge in [-0.2, -0.15) is 0 Å². The minimum atomic E-state index is -1.98. The van der Waals surface area contributed by atoms with Crippen LogP contribution in [-0.4, -0.2) is 15.4 Å². The van der Waals surface area contributed by atoms with Crippen molar-refractivity contribution in [3.63, 3.8) is 0 Å². The Morgan fingerprint density at radius 2 is 1.55 bits per heavy atom. The second-order valence-electron chi connectivity index (χ2n) is 3.00. The summed E-state index contributed by atoms with van der Waals surface area (Å²) in [5, 5.41) is 0. The van der Waals surface area contributed by atoms with Gasteiger partial charge in [0.15, 0.2) is 0 Å². The summed E-state index contributed by atoms with van der Waals surface area (Å²) in [7, 11) is 0. The minimum absolute atomic E-state index is 0.624. The van der Waals surface area contributed by atoms with Crippen LogP contribution in [0.4, 0.5) is 0 Å². The standard InChI is InChI=1S/C6H9Cl3O2/c1-5(2,3)11-4(10)6(7,8)9/h1-3H3. The fraction of sp³-hybridized carbons (Fsp3) is 0.833. The highest BCUT2D eigenvalue weighted by Gasteiger charge is 2.35. The average molecular weight is 219 g/mol. The van der Waals surface area contributed by atoms with Crippen molar-refractivity contribution in [2.24, 2.45) is 0 Å². The molecule has 0 unspecified atom stereocenters. The number of carbonyl (C=O) groups is 1.